The lowest BCUT2D eigenvalue weighted by atomic mass is 10.1. The summed E-state index contributed by atoms with van der Waals surface area (Å²) in [6, 6.07) is 4.68. The first-order valence-corrected chi connectivity index (χ1v) is 7.17. The molecule has 0 atom stereocenters. The molecule has 0 aromatic carbocycles. The van der Waals surface area contributed by atoms with Gasteiger partial charge in [-0.2, -0.15) is 5.26 Å². The molecule has 3 heteroatoms. The number of hydrogen-bond donors (Lipinski definition) is 1. The summed E-state index contributed by atoms with van der Waals surface area (Å²) in [7, 11) is 0. The Morgan fingerprint density at radius 2 is 2.11 bits per heavy atom. The molecule has 0 spiro atoms. The van der Waals surface area contributed by atoms with Gasteiger partial charge in [0.15, 0.2) is 0 Å². The van der Waals surface area contributed by atoms with Crippen molar-refractivity contribution in [1.29, 1.82) is 5.26 Å². The van der Waals surface area contributed by atoms with Gasteiger partial charge >= 0.3 is 0 Å². The number of nitriles is 1. The quantitative estimate of drug-likeness (QED) is 0.802. The van der Waals surface area contributed by atoms with Gasteiger partial charge in [-0.15, -0.1) is 0 Å². The molecule has 2 rings (SSSR count). The molecule has 1 fully saturated rings. The van der Waals surface area contributed by atoms with E-state index in [0.717, 1.165) is 17.8 Å². The van der Waals surface area contributed by atoms with Crippen LogP contribution in [0.4, 0.5) is 5.69 Å². The van der Waals surface area contributed by atoms with E-state index in [1.165, 1.54) is 50.6 Å². The number of nitrogen functional groups attached to an aromatic ring is 1. The molecule has 0 radical (unpaired) electrons. The molecule has 0 saturated heterocycles. The van der Waals surface area contributed by atoms with Gasteiger partial charge in [-0.05, 0) is 31.7 Å². The molecule has 0 amide bonds. The predicted octanol–water partition coefficient (Wildman–Crippen LogP) is 3.79. The van der Waals surface area contributed by atoms with Crippen LogP contribution in [0.1, 0.15) is 69.3 Å². The second-order valence-corrected chi connectivity index (χ2v) is 5.31. The Bertz CT molecular complexity index is 433. The molecule has 1 aliphatic carbocycles. The SMILES string of the molecule is CCCCCc1c(N)cc(C#N)n1C1CCCC1. The third-order valence-electron chi connectivity index (χ3n) is 4.00. The summed E-state index contributed by atoms with van der Waals surface area (Å²) >= 11 is 0. The van der Waals surface area contributed by atoms with Gasteiger partial charge in [-0.3, -0.25) is 0 Å². The van der Waals surface area contributed by atoms with E-state index in [-0.39, 0.29) is 0 Å². The van der Waals surface area contributed by atoms with Crippen LogP contribution in [0.2, 0.25) is 0 Å². The molecule has 98 valence electrons. The number of nitrogens with two attached hydrogens (primary N) is 1. The van der Waals surface area contributed by atoms with Crippen molar-refractivity contribution in [1.82, 2.24) is 4.57 Å². The standard InChI is InChI=1S/C15H23N3/c1-2-3-4-9-15-14(17)10-13(11-16)18(15)12-7-5-6-8-12/h10,12H,2-9,17H2,1H3. The van der Waals surface area contributed by atoms with E-state index in [4.69, 9.17) is 5.73 Å². The van der Waals surface area contributed by atoms with Crippen LogP contribution >= 0.6 is 0 Å². The smallest absolute Gasteiger partial charge is 0.122 e. The van der Waals surface area contributed by atoms with Gasteiger partial charge in [0.25, 0.3) is 0 Å². The van der Waals surface area contributed by atoms with Crippen LogP contribution in [0.3, 0.4) is 0 Å². The summed E-state index contributed by atoms with van der Waals surface area (Å²) in [4.78, 5) is 0. The average Bonchev–Trinajstić information content (AvgIpc) is 2.98. The average molecular weight is 245 g/mol. The second kappa shape index (κ2) is 5.95. The summed E-state index contributed by atoms with van der Waals surface area (Å²) in [6.07, 6.45) is 9.59. The highest BCUT2D eigenvalue weighted by molar-refractivity contribution is 5.51. The fourth-order valence-corrected chi connectivity index (χ4v) is 3.06. The van der Waals surface area contributed by atoms with E-state index < -0.39 is 0 Å². The molecule has 18 heavy (non-hydrogen) atoms. The Hall–Kier alpha value is -1.43. The molecule has 1 saturated carbocycles. The summed E-state index contributed by atoms with van der Waals surface area (Å²) in [6.45, 7) is 2.21. The zero-order chi connectivity index (χ0) is 13.0. The van der Waals surface area contributed by atoms with Crippen LogP contribution in [-0.4, -0.2) is 4.57 Å². The van der Waals surface area contributed by atoms with Gasteiger partial charge < -0.3 is 10.3 Å². The second-order valence-electron chi connectivity index (χ2n) is 5.31. The summed E-state index contributed by atoms with van der Waals surface area (Å²) < 4.78 is 2.23. The van der Waals surface area contributed by atoms with E-state index in [9.17, 15) is 5.26 Å². The lowest BCUT2D eigenvalue weighted by Crippen LogP contribution is -2.11. The van der Waals surface area contributed by atoms with Crippen molar-refractivity contribution in [2.45, 2.75) is 64.3 Å². The molecule has 2 N–H and O–H groups in total. The predicted molar refractivity (Wildman–Crippen MR) is 74.3 cm³/mol. The molecule has 1 aliphatic rings. The molecular formula is C15H23N3. The highest BCUT2D eigenvalue weighted by Crippen LogP contribution is 2.34. The Kier molecular flexibility index (Phi) is 4.30. The highest BCUT2D eigenvalue weighted by Gasteiger charge is 2.23. The lowest BCUT2D eigenvalue weighted by Gasteiger charge is -2.18. The van der Waals surface area contributed by atoms with Crippen molar-refractivity contribution in [3.63, 3.8) is 0 Å². The van der Waals surface area contributed by atoms with Crippen LogP contribution in [0.5, 0.6) is 0 Å². The zero-order valence-corrected chi connectivity index (χ0v) is 11.3. The molecule has 0 aliphatic heterocycles. The van der Waals surface area contributed by atoms with Crippen LogP contribution in [0.25, 0.3) is 0 Å². The third-order valence-corrected chi connectivity index (χ3v) is 4.00. The van der Waals surface area contributed by atoms with Crippen molar-refractivity contribution >= 4 is 5.69 Å². The van der Waals surface area contributed by atoms with Crippen molar-refractivity contribution in [2.24, 2.45) is 0 Å². The van der Waals surface area contributed by atoms with Crippen molar-refractivity contribution in [2.75, 3.05) is 5.73 Å². The largest absolute Gasteiger partial charge is 0.397 e. The molecule has 0 unspecified atom stereocenters. The molecule has 3 nitrogen and oxygen atoms in total. The number of aromatic nitrogens is 1. The Balaban J connectivity index is 2.25. The van der Waals surface area contributed by atoms with Gasteiger partial charge in [0.2, 0.25) is 0 Å². The number of hydrogen-bond acceptors (Lipinski definition) is 2. The summed E-state index contributed by atoms with van der Waals surface area (Å²) in [5.41, 5.74) is 8.87. The first-order chi connectivity index (χ1) is 8.77. The highest BCUT2D eigenvalue weighted by atomic mass is 15.0. The molecule has 0 bridgehead atoms. The van der Waals surface area contributed by atoms with Gasteiger partial charge in [-0.1, -0.05) is 32.6 Å². The lowest BCUT2D eigenvalue weighted by molar-refractivity contribution is 0.494. The first-order valence-electron chi connectivity index (χ1n) is 7.17. The zero-order valence-electron chi connectivity index (χ0n) is 11.3. The van der Waals surface area contributed by atoms with Crippen LogP contribution in [0, 0.1) is 11.3 Å². The van der Waals surface area contributed by atoms with Gasteiger partial charge in [-0.25, -0.2) is 0 Å². The summed E-state index contributed by atoms with van der Waals surface area (Å²) in [5, 5.41) is 9.26. The Labute approximate surface area is 110 Å². The molecule has 1 heterocycles. The minimum atomic E-state index is 0.508. The first kappa shape index (κ1) is 13.0. The van der Waals surface area contributed by atoms with Crippen LogP contribution in [-0.2, 0) is 6.42 Å². The summed E-state index contributed by atoms with van der Waals surface area (Å²) in [5.74, 6) is 0. The fourth-order valence-electron chi connectivity index (χ4n) is 3.06. The van der Waals surface area contributed by atoms with Gasteiger partial charge in [0.05, 0.1) is 5.69 Å². The number of unbranched alkanes of at least 4 members (excludes halogenated alkanes) is 2. The topological polar surface area (TPSA) is 54.7 Å². The third kappa shape index (κ3) is 2.53. The normalized spacial score (nSPS) is 16.0. The Morgan fingerprint density at radius 3 is 2.72 bits per heavy atom. The van der Waals surface area contributed by atoms with E-state index in [2.05, 4.69) is 17.6 Å². The van der Waals surface area contributed by atoms with E-state index in [1.54, 1.807) is 0 Å². The molecular weight excluding hydrogens is 222 g/mol. The van der Waals surface area contributed by atoms with Crippen LogP contribution in [0.15, 0.2) is 6.07 Å². The molecule has 1 aromatic heterocycles. The maximum Gasteiger partial charge on any atom is 0.122 e. The van der Waals surface area contributed by atoms with Crippen molar-refractivity contribution in [3.05, 3.63) is 17.5 Å². The number of rotatable bonds is 5. The van der Waals surface area contributed by atoms with Crippen molar-refractivity contribution < 1.29 is 0 Å². The van der Waals surface area contributed by atoms with E-state index in [0.29, 0.717) is 6.04 Å². The molecule has 1 aromatic rings. The van der Waals surface area contributed by atoms with Gasteiger partial charge in [0, 0.05) is 11.7 Å². The van der Waals surface area contributed by atoms with Gasteiger partial charge in [0.1, 0.15) is 11.8 Å². The fraction of sp³-hybridized carbons (Fsp3) is 0.667. The van der Waals surface area contributed by atoms with Crippen LogP contribution < -0.4 is 5.73 Å². The van der Waals surface area contributed by atoms with E-state index in [1.807, 2.05) is 6.07 Å². The monoisotopic (exact) mass is 245 g/mol. The minimum absolute atomic E-state index is 0.508. The Morgan fingerprint density at radius 1 is 1.39 bits per heavy atom. The number of anilines is 1. The van der Waals surface area contributed by atoms with Crippen molar-refractivity contribution in [3.8, 4) is 6.07 Å². The maximum atomic E-state index is 9.26. The van der Waals surface area contributed by atoms with E-state index >= 15 is 0 Å². The number of nitrogens with zero attached hydrogens (tertiary/aromatic N) is 2. The maximum absolute atomic E-state index is 9.26. The minimum Gasteiger partial charge on any atom is -0.397 e.